The van der Waals surface area contributed by atoms with Crippen molar-refractivity contribution in [3.8, 4) is 0 Å². The highest BCUT2D eigenvalue weighted by molar-refractivity contribution is 5.15. The highest BCUT2D eigenvalue weighted by Gasteiger charge is 2.14. The summed E-state index contributed by atoms with van der Waals surface area (Å²) in [6, 6.07) is 22.0. The molecule has 30 heavy (non-hydrogen) atoms. The maximum atomic E-state index is 2.70. The molecule has 2 aromatic rings. The summed E-state index contributed by atoms with van der Waals surface area (Å²) in [4.78, 5) is 5.39. The Morgan fingerprint density at radius 1 is 0.567 bits per heavy atom. The molecule has 0 spiro atoms. The standard InChI is InChI=1S/C28H42N2/c1-25-15-16-26(2)18-22-30(24-28-13-7-4-8-14-28)20-10-9-19-29(21-17-25)23-27-11-5-3-6-12-27/h3-8,11-14,25-26H,9-10,15-24H2,1-2H3. The van der Waals surface area contributed by atoms with E-state index < -0.39 is 0 Å². The average Bonchev–Trinajstić information content (AvgIpc) is 2.77. The van der Waals surface area contributed by atoms with Crippen molar-refractivity contribution in [2.75, 3.05) is 26.2 Å². The number of hydrogen-bond donors (Lipinski definition) is 0. The van der Waals surface area contributed by atoms with E-state index in [1.54, 1.807) is 0 Å². The van der Waals surface area contributed by atoms with Gasteiger partial charge in [0.2, 0.25) is 0 Å². The van der Waals surface area contributed by atoms with Gasteiger partial charge in [-0.25, -0.2) is 0 Å². The molecule has 2 unspecified atom stereocenters. The van der Waals surface area contributed by atoms with Crippen LogP contribution in [0.25, 0.3) is 0 Å². The maximum absolute atomic E-state index is 2.70. The summed E-state index contributed by atoms with van der Waals surface area (Å²) in [5.41, 5.74) is 2.90. The van der Waals surface area contributed by atoms with Gasteiger partial charge in [-0.3, -0.25) is 9.80 Å². The molecule has 0 radical (unpaired) electrons. The fourth-order valence-corrected chi connectivity index (χ4v) is 4.56. The van der Waals surface area contributed by atoms with Crippen LogP contribution in [-0.4, -0.2) is 36.0 Å². The summed E-state index contributed by atoms with van der Waals surface area (Å²) in [5.74, 6) is 1.66. The van der Waals surface area contributed by atoms with Crippen molar-refractivity contribution in [2.24, 2.45) is 11.8 Å². The second-order valence-corrected chi connectivity index (χ2v) is 9.60. The number of nitrogens with zero attached hydrogens (tertiary/aromatic N) is 2. The second-order valence-electron chi connectivity index (χ2n) is 9.60. The first kappa shape index (κ1) is 23.0. The van der Waals surface area contributed by atoms with Crippen LogP contribution < -0.4 is 0 Å². The molecule has 2 heteroatoms. The van der Waals surface area contributed by atoms with E-state index in [1.807, 2.05) is 0 Å². The molecule has 0 bridgehead atoms. The molecule has 2 atom stereocenters. The molecule has 164 valence electrons. The van der Waals surface area contributed by atoms with Crippen LogP contribution in [0.15, 0.2) is 60.7 Å². The van der Waals surface area contributed by atoms with Crippen molar-refractivity contribution in [3.05, 3.63) is 71.8 Å². The van der Waals surface area contributed by atoms with Crippen molar-refractivity contribution in [1.29, 1.82) is 0 Å². The molecular weight excluding hydrogens is 364 g/mol. The molecule has 0 N–H and O–H groups in total. The molecule has 0 aromatic heterocycles. The number of benzene rings is 2. The summed E-state index contributed by atoms with van der Waals surface area (Å²) in [5, 5.41) is 0. The Bertz CT molecular complexity index is 623. The fourth-order valence-electron chi connectivity index (χ4n) is 4.56. The lowest BCUT2D eigenvalue weighted by Crippen LogP contribution is -2.30. The van der Waals surface area contributed by atoms with Crippen LogP contribution in [0.2, 0.25) is 0 Å². The predicted octanol–water partition coefficient (Wildman–Crippen LogP) is 6.62. The molecule has 2 aromatic carbocycles. The molecule has 3 rings (SSSR count). The lowest BCUT2D eigenvalue weighted by Gasteiger charge is -2.28. The largest absolute Gasteiger partial charge is 0.299 e. The molecular formula is C28H42N2. The van der Waals surface area contributed by atoms with Crippen molar-refractivity contribution < 1.29 is 0 Å². The third-order valence-electron chi connectivity index (χ3n) is 6.73. The summed E-state index contributed by atoms with van der Waals surface area (Å²) in [6.45, 7) is 12.0. The summed E-state index contributed by atoms with van der Waals surface area (Å²) in [6.07, 6.45) is 8.00. The minimum Gasteiger partial charge on any atom is -0.299 e. The predicted molar refractivity (Wildman–Crippen MR) is 129 cm³/mol. The molecule has 1 fully saturated rings. The third-order valence-corrected chi connectivity index (χ3v) is 6.73. The first-order valence-corrected chi connectivity index (χ1v) is 12.2. The minimum atomic E-state index is 0.828. The Hall–Kier alpha value is -1.64. The molecule has 0 saturated carbocycles. The van der Waals surface area contributed by atoms with E-state index >= 15 is 0 Å². The van der Waals surface area contributed by atoms with Gasteiger partial charge in [-0.2, -0.15) is 0 Å². The zero-order chi connectivity index (χ0) is 21.0. The van der Waals surface area contributed by atoms with Gasteiger partial charge < -0.3 is 0 Å². The van der Waals surface area contributed by atoms with Gasteiger partial charge in [-0.1, -0.05) is 87.4 Å². The lowest BCUT2D eigenvalue weighted by molar-refractivity contribution is 0.204. The topological polar surface area (TPSA) is 6.48 Å². The van der Waals surface area contributed by atoms with E-state index in [2.05, 4.69) is 84.3 Å². The zero-order valence-corrected chi connectivity index (χ0v) is 19.3. The maximum Gasteiger partial charge on any atom is 0.0233 e. The van der Waals surface area contributed by atoms with E-state index in [0.717, 1.165) is 24.9 Å². The summed E-state index contributed by atoms with van der Waals surface area (Å²) < 4.78 is 0. The van der Waals surface area contributed by atoms with Gasteiger partial charge in [-0.15, -0.1) is 0 Å². The molecule has 1 heterocycles. The van der Waals surface area contributed by atoms with Gasteiger partial charge in [0.15, 0.2) is 0 Å². The zero-order valence-electron chi connectivity index (χ0n) is 19.3. The number of rotatable bonds is 4. The smallest absolute Gasteiger partial charge is 0.0233 e. The monoisotopic (exact) mass is 406 g/mol. The van der Waals surface area contributed by atoms with E-state index in [9.17, 15) is 0 Å². The van der Waals surface area contributed by atoms with E-state index in [-0.39, 0.29) is 0 Å². The first-order valence-electron chi connectivity index (χ1n) is 12.2. The van der Waals surface area contributed by atoms with Gasteiger partial charge in [-0.05, 0) is 74.8 Å². The van der Waals surface area contributed by atoms with E-state index in [4.69, 9.17) is 0 Å². The van der Waals surface area contributed by atoms with Crippen LogP contribution in [0.4, 0.5) is 0 Å². The molecule has 1 saturated heterocycles. The Morgan fingerprint density at radius 2 is 0.967 bits per heavy atom. The van der Waals surface area contributed by atoms with Crippen molar-refractivity contribution in [1.82, 2.24) is 9.80 Å². The average molecular weight is 407 g/mol. The normalized spacial score (nSPS) is 23.7. The summed E-state index contributed by atoms with van der Waals surface area (Å²) in [7, 11) is 0. The second kappa shape index (κ2) is 12.9. The first-order chi connectivity index (χ1) is 14.7. The fraction of sp³-hybridized carbons (Fsp3) is 0.571. The van der Waals surface area contributed by atoms with Gasteiger partial charge in [0.05, 0.1) is 0 Å². The Balaban J connectivity index is 1.59. The lowest BCUT2D eigenvalue weighted by atomic mass is 9.93. The Morgan fingerprint density at radius 3 is 1.37 bits per heavy atom. The SMILES string of the molecule is CC1CCC(C)CCN(Cc2ccccc2)CCCCN(Cc2ccccc2)CC1. The van der Waals surface area contributed by atoms with Crippen molar-refractivity contribution in [2.45, 2.75) is 65.5 Å². The van der Waals surface area contributed by atoms with Crippen LogP contribution in [0.5, 0.6) is 0 Å². The summed E-state index contributed by atoms with van der Waals surface area (Å²) >= 11 is 0. The van der Waals surface area contributed by atoms with Crippen LogP contribution in [0.3, 0.4) is 0 Å². The number of hydrogen-bond acceptors (Lipinski definition) is 2. The highest BCUT2D eigenvalue weighted by Crippen LogP contribution is 2.20. The van der Waals surface area contributed by atoms with Crippen LogP contribution >= 0.6 is 0 Å². The highest BCUT2D eigenvalue weighted by atomic mass is 15.1. The Labute approximate surface area is 185 Å². The molecule has 1 aliphatic heterocycles. The van der Waals surface area contributed by atoms with Crippen LogP contribution in [-0.2, 0) is 13.1 Å². The third kappa shape index (κ3) is 8.62. The molecule has 1 aliphatic rings. The van der Waals surface area contributed by atoms with Gasteiger partial charge in [0, 0.05) is 13.1 Å². The molecule has 0 aliphatic carbocycles. The van der Waals surface area contributed by atoms with Crippen molar-refractivity contribution >= 4 is 0 Å². The quantitative estimate of drug-likeness (QED) is 0.563. The van der Waals surface area contributed by atoms with Gasteiger partial charge >= 0.3 is 0 Å². The van der Waals surface area contributed by atoms with Gasteiger partial charge in [0.25, 0.3) is 0 Å². The van der Waals surface area contributed by atoms with Crippen LogP contribution in [0.1, 0.15) is 63.5 Å². The Kier molecular flexibility index (Phi) is 9.92. The van der Waals surface area contributed by atoms with Crippen LogP contribution in [0, 0.1) is 11.8 Å². The minimum absolute atomic E-state index is 0.828. The van der Waals surface area contributed by atoms with Gasteiger partial charge in [0.1, 0.15) is 0 Å². The van der Waals surface area contributed by atoms with Crippen molar-refractivity contribution in [3.63, 3.8) is 0 Å². The van der Waals surface area contributed by atoms with E-state index in [0.29, 0.717) is 0 Å². The molecule has 2 nitrogen and oxygen atoms in total. The van der Waals surface area contributed by atoms with E-state index in [1.165, 1.54) is 75.8 Å². The molecule has 0 amide bonds.